The van der Waals surface area contributed by atoms with Gasteiger partial charge in [0.05, 0.1) is 5.52 Å². The van der Waals surface area contributed by atoms with Gasteiger partial charge in [-0.05, 0) is 23.6 Å². The molecule has 0 aliphatic heterocycles. The van der Waals surface area contributed by atoms with E-state index in [1.165, 1.54) is 0 Å². The van der Waals surface area contributed by atoms with Gasteiger partial charge in [0.2, 0.25) is 0 Å². The van der Waals surface area contributed by atoms with E-state index in [1.807, 2.05) is 22.9 Å². The lowest BCUT2D eigenvalue weighted by Crippen LogP contribution is -2.08. The third kappa shape index (κ3) is 1.38. The molecule has 2 rings (SSSR count). The molecule has 0 saturated carbocycles. The summed E-state index contributed by atoms with van der Waals surface area (Å²) in [6, 6.07) is 7.36. The Balaban J connectivity index is 2.58. The summed E-state index contributed by atoms with van der Waals surface area (Å²) in [5.74, 6) is 0.296. The van der Waals surface area contributed by atoms with E-state index in [0.29, 0.717) is 12.3 Å². The zero-order valence-electron chi connectivity index (χ0n) is 7.27. The van der Waals surface area contributed by atoms with Crippen molar-refractivity contribution < 1.29 is 5.11 Å². The largest absolute Gasteiger partial charge is 0.508 e. The van der Waals surface area contributed by atoms with E-state index in [9.17, 15) is 5.11 Å². The van der Waals surface area contributed by atoms with Crippen molar-refractivity contribution in [3.8, 4) is 5.75 Å². The second-order valence-electron chi connectivity index (χ2n) is 3.04. The molecule has 0 amide bonds. The number of phenols is 1. The van der Waals surface area contributed by atoms with E-state index in [-0.39, 0.29) is 0 Å². The number of phenolic OH excluding ortho intramolecular Hbond substituents is 1. The average Bonchev–Trinajstić information content (AvgIpc) is 2.49. The maximum absolute atomic E-state index is 9.30. The van der Waals surface area contributed by atoms with Gasteiger partial charge in [-0.2, -0.15) is 0 Å². The highest BCUT2D eigenvalue weighted by molar-refractivity contribution is 5.81. The minimum absolute atomic E-state index is 0.296. The van der Waals surface area contributed by atoms with Gasteiger partial charge in [-0.25, -0.2) is 0 Å². The number of aromatic hydroxyl groups is 1. The first-order chi connectivity index (χ1) is 6.31. The molecule has 0 radical (unpaired) electrons. The van der Waals surface area contributed by atoms with Crippen molar-refractivity contribution in [2.45, 2.75) is 6.54 Å². The van der Waals surface area contributed by atoms with Crippen LogP contribution in [-0.2, 0) is 6.54 Å². The molecule has 1 aromatic heterocycles. The van der Waals surface area contributed by atoms with E-state index in [4.69, 9.17) is 5.73 Å². The van der Waals surface area contributed by atoms with E-state index < -0.39 is 0 Å². The maximum Gasteiger partial charge on any atom is 0.117 e. The highest BCUT2D eigenvalue weighted by Gasteiger charge is 2.00. The lowest BCUT2D eigenvalue weighted by atomic mass is 10.2. The molecule has 1 aromatic carbocycles. The second-order valence-corrected chi connectivity index (χ2v) is 3.04. The highest BCUT2D eigenvalue weighted by Crippen LogP contribution is 2.20. The number of aromatic nitrogens is 1. The molecule has 0 bridgehead atoms. The smallest absolute Gasteiger partial charge is 0.117 e. The fraction of sp³-hybridized carbons (Fsp3) is 0.200. The number of hydrogen-bond donors (Lipinski definition) is 2. The number of nitrogens with two attached hydrogens (primary N) is 1. The molecule has 0 atom stereocenters. The van der Waals surface area contributed by atoms with E-state index in [0.717, 1.165) is 17.4 Å². The number of rotatable bonds is 2. The molecule has 0 fully saturated rings. The highest BCUT2D eigenvalue weighted by atomic mass is 16.3. The van der Waals surface area contributed by atoms with Crippen LogP contribution >= 0.6 is 0 Å². The molecule has 0 unspecified atom stereocenters. The standard InChI is InChI=1S/C10H12N2O/c11-4-6-12-5-3-8-1-2-9(13)7-10(8)12/h1-3,5,7,13H,4,6,11H2. The molecule has 3 nitrogen and oxygen atoms in total. The minimum atomic E-state index is 0.296. The van der Waals surface area contributed by atoms with Crippen molar-refractivity contribution in [2.24, 2.45) is 5.73 Å². The van der Waals surface area contributed by atoms with Crippen LogP contribution in [0.3, 0.4) is 0 Å². The monoisotopic (exact) mass is 176 g/mol. The Labute approximate surface area is 76.4 Å². The van der Waals surface area contributed by atoms with Gasteiger partial charge in [-0.3, -0.25) is 0 Å². The van der Waals surface area contributed by atoms with Gasteiger partial charge in [0.1, 0.15) is 5.75 Å². The molecule has 1 heterocycles. The fourth-order valence-corrected chi connectivity index (χ4v) is 1.51. The summed E-state index contributed by atoms with van der Waals surface area (Å²) in [4.78, 5) is 0. The van der Waals surface area contributed by atoms with E-state index in [1.54, 1.807) is 12.1 Å². The van der Waals surface area contributed by atoms with Gasteiger partial charge < -0.3 is 15.4 Å². The van der Waals surface area contributed by atoms with Gasteiger partial charge in [-0.1, -0.05) is 0 Å². The number of benzene rings is 1. The van der Waals surface area contributed by atoms with Crippen molar-refractivity contribution in [3.05, 3.63) is 30.5 Å². The van der Waals surface area contributed by atoms with Gasteiger partial charge in [0.25, 0.3) is 0 Å². The number of hydrogen-bond acceptors (Lipinski definition) is 2. The summed E-state index contributed by atoms with van der Waals surface area (Å²) < 4.78 is 2.04. The first-order valence-corrected chi connectivity index (χ1v) is 4.29. The first kappa shape index (κ1) is 8.13. The van der Waals surface area contributed by atoms with Crippen molar-refractivity contribution in [1.82, 2.24) is 4.57 Å². The third-order valence-electron chi connectivity index (χ3n) is 2.13. The lowest BCUT2D eigenvalue weighted by molar-refractivity contribution is 0.476. The van der Waals surface area contributed by atoms with Crippen LogP contribution in [0.15, 0.2) is 30.5 Å². The summed E-state index contributed by atoms with van der Waals surface area (Å²) >= 11 is 0. The summed E-state index contributed by atoms with van der Waals surface area (Å²) in [5, 5.41) is 10.4. The topological polar surface area (TPSA) is 51.2 Å². The Morgan fingerprint density at radius 3 is 2.92 bits per heavy atom. The van der Waals surface area contributed by atoms with Crippen LogP contribution in [-0.4, -0.2) is 16.2 Å². The van der Waals surface area contributed by atoms with Gasteiger partial charge >= 0.3 is 0 Å². The van der Waals surface area contributed by atoms with Crippen LogP contribution < -0.4 is 5.73 Å². The Hall–Kier alpha value is -1.48. The van der Waals surface area contributed by atoms with Gasteiger partial charge in [0.15, 0.2) is 0 Å². The average molecular weight is 176 g/mol. The quantitative estimate of drug-likeness (QED) is 0.724. The van der Waals surface area contributed by atoms with Crippen LogP contribution in [0, 0.1) is 0 Å². The number of fused-ring (bicyclic) bond motifs is 1. The van der Waals surface area contributed by atoms with Crippen LogP contribution in [0.25, 0.3) is 10.9 Å². The van der Waals surface area contributed by atoms with Gasteiger partial charge in [-0.15, -0.1) is 0 Å². The molecule has 13 heavy (non-hydrogen) atoms. The molecule has 0 aliphatic rings. The molecule has 2 aromatic rings. The molecule has 0 saturated heterocycles. The summed E-state index contributed by atoms with van der Waals surface area (Å²) in [6.07, 6.45) is 1.98. The zero-order valence-corrected chi connectivity index (χ0v) is 7.27. The molecular formula is C10H12N2O. The molecule has 3 heteroatoms. The molecular weight excluding hydrogens is 164 g/mol. The predicted molar refractivity (Wildman–Crippen MR) is 52.7 cm³/mol. The Morgan fingerprint density at radius 2 is 2.15 bits per heavy atom. The Morgan fingerprint density at radius 1 is 1.31 bits per heavy atom. The van der Waals surface area contributed by atoms with Crippen molar-refractivity contribution >= 4 is 10.9 Å². The fourth-order valence-electron chi connectivity index (χ4n) is 1.51. The molecule has 68 valence electrons. The van der Waals surface area contributed by atoms with Crippen LogP contribution in [0.4, 0.5) is 0 Å². The SMILES string of the molecule is NCCn1ccc2ccc(O)cc21. The normalized spacial score (nSPS) is 10.8. The predicted octanol–water partition coefficient (Wildman–Crippen LogP) is 1.31. The molecule has 3 N–H and O–H groups in total. The van der Waals surface area contributed by atoms with Crippen molar-refractivity contribution in [3.63, 3.8) is 0 Å². The maximum atomic E-state index is 9.30. The second kappa shape index (κ2) is 3.11. The summed E-state index contributed by atoms with van der Waals surface area (Å²) in [5.41, 5.74) is 6.50. The van der Waals surface area contributed by atoms with Crippen LogP contribution in [0.1, 0.15) is 0 Å². The third-order valence-corrected chi connectivity index (χ3v) is 2.13. The van der Waals surface area contributed by atoms with Crippen molar-refractivity contribution in [1.29, 1.82) is 0 Å². The minimum Gasteiger partial charge on any atom is -0.508 e. The lowest BCUT2D eigenvalue weighted by Gasteiger charge is -2.02. The number of nitrogens with zero attached hydrogens (tertiary/aromatic N) is 1. The summed E-state index contributed by atoms with van der Waals surface area (Å²) in [6.45, 7) is 1.40. The van der Waals surface area contributed by atoms with E-state index in [2.05, 4.69) is 0 Å². The molecule has 0 spiro atoms. The Bertz CT molecular complexity index is 420. The summed E-state index contributed by atoms with van der Waals surface area (Å²) in [7, 11) is 0. The van der Waals surface area contributed by atoms with Gasteiger partial charge in [0, 0.05) is 25.4 Å². The van der Waals surface area contributed by atoms with Crippen LogP contribution in [0.5, 0.6) is 5.75 Å². The zero-order chi connectivity index (χ0) is 9.26. The Kier molecular flexibility index (Phi) is 1.94. The van der Waals surface area contributed by atoms with E-state index >= 15 is 0 Å². The van der Waals surface area contributed by atoms with Crippen LogP contribution in [0.2, 0.25) is 0 Å². The first-order valence-electron chi connectivity index (χ1n) is 4.29. The van der Waals surface area contributed by atoms with Crippen molar-refractivity contribution in [2.75, 3.05) is 6.54 Å². The molecule has 0 aliphatic carbocycles.